The van der Waals surface area contributed by atoms with Gasteiger partial charge in [0.05, 0.1) is 7.11 Å². The zero-order chi connectivity index (χ0) is 26.7. The number of phenolic OH excluding ortho intramolecular Hbond substituents is 1. The normalized spacial score (nSPS) is 13.2. The average Bonchev–Trinajstić information content (AvgIpc) is 2.91. The molecule has 0 radical (unpaired) electrons. The molecule has 0 heterocycles. The van der Waals surface area contributed by atoms with E-state index in [0.717, 1.165) is 29.7 Å². The second kappa shape index (κ2) is 13.3. The van der Waals surface area contributed by atoms with Crippen LogP contribution in [0.15, 0.2) is 103 Å². The van der Waals surface area contributed by atoms with Crippen molar-refractivity contribution in [2.24, 2.45) is 5.41 Å². The highest BCUT2D eigenvalue weighted by atomic mass is 16.5. The van der Waals surface area contributed by atoms with E-state index in [1.807, 2.05) is 54.6 Å². The third-order valence-corrected chi connectivity index (χ3v) is 6.19. The van der Waals surface area contributed by atoms with Gasteiger partial charge in [-0.2, -0.15) is 0 Å². The molecule has 3 nitrogen and oxygen atoms in total. The van der Waals surface area contributed by atoms with Crippen molar-refractivity contribution in [3.8, 4) is 11.5 Å². The Labute approximate surface area is 221 Å². The number of rotatable bonds is 11. The molecule has 1 atom stereocenters. The van der Waals surface area contributed by atoms with Crippen molar-refractivity contribution >= 4 is 24.0 Å². The minimum absolute atomic E-state index is 0.100. The Bertz CT molecular complexity index is 1290. The number of methoxy groups -OCH3 is 1. The first-order chi connectivity index (χ1) is 17.8. The monoisotopic (exact) mass is 492 g/mol. The molecule has 0 aliphatic rings. The van der Waals surface area contributed by atoms with Gasteiger partial charge in [0.15, 0.2) is 5.78 Å². The molecule has 3 aromatic rings. The Morgan fingerprint density at radius 2 is 1.54 bits per heavy atom. The quantitative estimate of drug-likeness (QED) is 0.165. The van der Waals surface area contributed by atoms with Crippen molar-refractivity contribution in [2.75, 3.05) is 7.11 Å². The van der Waals surface area contributed by atoms with Gasteiger partial charge in [-0.15, -0.1) is 0 Å². The first kappa shape index (κ1) is 27.5. The van der Waals surface area contributed by atoms with E-state index < -0.39 is 0 Å². The summed E-state index contributed by atoms with van der Waals surface area (Å²) < 4.78 is 5.27. The van der Waals surface area contributed by atoms with Crippen LogP contribution in [0.5, 0.6) is 11.5 Å². The van der Waals surface area contributed by atoms with Gasteiger partial charge in [0, 0.05) is 16.5 Å². The molecule has 0 fully saturated rings. The fraction of sp³-hybridized carbons (Fsp3) is 0.206. The van der Waals surface area contributed by atoms with Gasteiger partial charge in [-0.1, -0.05) is 91.4 Å². The van der Waals surface area contributed by atoms with Gasteiger partial charge in [-0.25, -0.2) is 0 Å². The summed E-state index contributed by atoms with van der Waals surface area (Å²) in [6, 6.07) is 22.6. The number of carbonyl (C=O) groups is 1. The summed E-state index contributed by atoms with van der Waals surface area (Å²) in [5, 5.41) is 10.3. The molecule has 0 saturated heterocycles. The van der Waals surface area contributed by atoms with Gasteiger partial charge >= 0.3 is 0 Å². The van der Waals surface area contributed by atoms with Crippen LogP contribution in [0.4, 0.5) is 0 Å². The largest absolute Gasteiger partial charge is 0.507 e. The predicted octanol–water partition coefficient (Wildman–Crippen LogP) is 8.78. The van der Waals surface area contributed by atoms with Gasteiger partial charge in [0.2, 0.25) is 0 Å². The molecule has 0 saturated carbocycles. The van der Waals surface area contributed by atoms with Gasteiger partial charge in [-0.3, -0.25) is 4.79 Å². The van der Waals surface area contributed by atoms with Crippen molar-refractivity contribution in [1.29, 1.82) is 0 Å². The Balaban J connectivity index is 1.82. The second-order valence-electron chi connectivity index (χ2n) is 9.65. The molecule has 3 aromatic carbocycles. The van der Waals surface area contributed by atoms with Crippen molar-refractivity contribution in [1.82, 2.24) is 0 Å². The topological polar surface area (TPSA) is 46.5 Å². The van der Waals surface area contributed by atoms with Crippen molar-refractivity contribution in [2.45, 2.75) is 33.6 Å². The van der Waals surface area contributed by atoms with Crippen LogP contribution in [0.3, 0.4) is 0 Å². The number of allylic oxidation sites excluding steroid dienone is 5. The molecule has 37 heavy (non-hydrogen) atoms. The number of hydrogen-bond donors (Lipinski definition) is 1. The molecule has 0 spiro atoms. The molecule has 1 N–H and O–H groups in total. The Hall–Kier alpha value is -4.11. The standard InChI is InChI=1S/C34H36O3/c1-26(2)9-8-22-34(3,23-20-27-12-16-31(37-4)17-13-27)24-21-28-14-18-33(36)30(25-28)15-19-32(35)29-10-6-5-7-11-29/h5-7,9-21,23-25,36H,8,22H2,1-4H3/b19-15+,23-20+,24-21+/t34-/m0/s1. The Morgan fingerprint density at radius 3 is 2.19 bits per heavy atom. The number of phenols is 1. The lowest BCUT2D eigenvalue weighted by Crippen LogP contribution is -2.09. The molecule has 3 rings (SSSR count). The molecule has 0 aliphatic carbocycles. The van der Waals surface area contributed by atoms with Crippen LogP contribution in [0.25, 0.3) is 18.2 Å². The molecule has 0 bridgehead atoms. The predicted molar refractivity (Wildman–Crippen MR) is 156 cm³/mol. The summed E-state index contributed by atoms with van der Waals surface area (Å²) in [5.41, 5.74) is 4.42. The number of carbonyl (C=O) groups excluding carboxylic acids is 1. The molecule has 0 aliphatic heterocycles. The van der Waals surface area contributed by atoms with E-state index in [1.165, 1.54) is 11.6 Å². The molecular formula is C34H36O3. The number of ketones is 1. The maximum atomic E-state index is 12.4. The van der Waals surface area contributed by atoms with Crippen molar-refractivity contribution in [3.05, 3.63) is 125 Å². The van der Waals surface area contributed by atoms with Crippen molar-refractivity contribution < 1.29 is 14.6 Å². The molecule has 0 amide bonds. The maximum Gasteiger partial charge on any atom is 0.185 e. The van der Waals surface area contributed by atoms with E-state index in [1.54, 1.807) is 31.4 Å². The van der Waals surface area contributed by atoms with Crippen LogP contribution in [-0.4, -0.2) is 18.0 Å². The minimum atomic E-state index is -0.178. The summed E-state index contributed by atoms with van der Waals surface area (Å²) in [4.78, 5) is 12.4. The van der Waals surface area contributed by atoms with E-state index >= 15 is 0 Å². The Kier molecular flexibility index (Phi) is 9.85. The highest BCUT2D eigenvalue weighted by molar-refractivity contribution is 6.06. The van der Waals surface area contributed by atoms with Gasteiger partial charge in [0.1, 0.15) is 11.5 Å². The number of aromatic hydroxyl groups is 1. The van der Waals surface area contributed by atoms with E-state index in [-0.39, 0.29) is 16.9 Å². The molecule has 3 heteroatoms. The lowest BCUT2D eigenvalue weighted by molar-refractivity contribution is 0.104. The highest BCUT2D eigenvalue weighted by Gasteiger charge is 2.16. The lowest BCUT2D eigenvalue weighted by atomic mass is 9.83. The lowest BCUT2D eigenvalue weighted by Gasteiger charge is -2.22. The zero-order valence-corrected chi connectivity index (χ0v) is 22.1. The minimum Gasteiger partial charge on any atom is -0.507 e. The fourth-order valence-electron chi connectivity index (χ4n) is 3.86. The maximum absolute atomic E-state index is 12.4. The molecule has 0 unspecified atom stereocenters. The van der Waals surface area contributed by atoms with Crippen LogP contribution in [0, 0.1) is 5.41 Å². The van der Waals surface area contributed by atoms with E-state index in [4.69, 9.17) is 4.74 Å². The summed E-state index contributed by atoms with van der Waals surface area (Å²) in [6.07, 6.45) is 16.0. The average molecular weight is 493 g/mol. The van der Waals surface area contributed by atoms with Gasteiger partial charge in [0.25, 0.3) is 0 Å². The molecule has 0 aromatic heterocycles. The molecular weight excluding hydrogens is 456 g/mol. The molecule has 190 valence electrons. The third-order valence-electron chi connectivity index (χ3n) is 6.19. The Morgan fingerprint density at radius 1 is 0.892 bits per heavy atom. The summed E-state index contributed by atoms with van der Waals surface area (Å²) in [7, 11) is 1.67. The van der Waals surface area contributed by atoms with Crippen molar-refractivity contribution in [3.63, 3.8) is 0 Å². The van der Waals surface area contributed by atoms with E-state index in [0.29, 0.717) is 11.1 Å². The van der Waals surface area contributed by atoms with Crippen LogP contribution in [-0.2, 0) is 0 Å². The third kappa shape index (κ3) is 8.80. The van der Waals surface area contributed by atoms with E-state index in [9.17, 15) is 9.90 Å². The summed E-state index contributed by atoms with van der Waals surface area (Å²) in [6.45, 7) is 6.46. The first-order valence-electron chi connectivity index (χ1n) is 12.5. The zero-order valence-electron chi connectivity index (χ0n) is 22.1. The summed E-state index contributed by atoms with van der Waals surface area (Å²) >= 11 is 0. The van der Waals surface area contributed by atoms with Crippen LogP contribution >= 0.6 is 0 Å². The van der Waals surface area contributed by atoms with Crippen LogP contribution in [0.1, 0.15) is 60.7 Å². The van der Waals surface area contributed by atoms with Crippen LogP contribution in [0.2, 0.25) is 0 Å². The summed E-state index contributed by atoms with van der Waals surface area (Å²) in [5.74, 6) is 0.877. The fourth-order valence-corrected chi connectivity index (χ4v) is 3.86. The number of benzene rings is 3. The highest BCUT2D eigenvalue weighted by Crippen LogP contribution is 2.31. The number of hydrogen-bond acceptors (Lipinski definition) is 3. The first-order valence-corrected chi connectivity index (χ1v) is 12.5. The SMILES string of the molecule is COc1ccc(/C=C/[C@@](C)(/C=C/c2ccc(O)c(/C=C/C(=O)c3ccccc3)c2)CCC=C(C)C)cc1. The van der Waals surface area contributed by atoms with Crippen LogP contribution < -0.4 is 4.74 Å². The number of ether oxygens (including phenoxy) is 1. The van der Waals surface area contributed by atoms with Gasteiger partial charge < -0.3 is 9.84 Å². The second-order valence-corrected chi connectivity index (χ2v) is 9.65. The van der Waals surface area contributed by atoms with Gasteiger partial charge in [-0.05, 0) is 74.2 Å². The van der Waals surface area contributed by atoms with E-state index in [2.05, 4.69) is 51.2 Å². The smallest absolute Gasteiger partial charge is 0.185 e.